The summed E-state index contributed by atoms with van der Waals surface area (Å²) in [6.07, 6.45) is 2.18. The van der Waals surface area contributed by atoms with Gasteiger partial charge in [0.15, 0.2) is 0 Å². The highest BCUT2D eigenvalue weighted by Gasteiger charge is 2.37. The van der Waals surface area contributed by atoms with Crippen LogP contribution in [0.25, 0.3) is 0 Å². The van der Waals surface area contributed by atoms with Gasteiger partial charge in [0.1, 0.15) is 0 Å². The van der Waals surface area contributed by atoms with Crippen LogP contribution in [-0.2, 0) is 0 Å². The van der Waals surface area contributed by atoms with Gasteiger partial charge in [-0.25, -0.2) is 0 Å². The summed E-state index contributed by atoms with van der Waals surface area (Å²) in [5.74, 6) is 0.272. The number of aliphatic hydroxyl groups is 1. The largest absolute Gasteiger partial charge is 0.396 e. The topological polar surface area (TPSA) is 61.5 Å². The number of hydrogen-bond acceptors (Lipinski definition) is 4. The number of rotatable bonds is 5. The van der Waals surface area contributed by atoms with Crippen molar-refractivity contribution < 1.29 is 5.11 Å². The Morgan fingerprint density at radius 1 is 1.53 bits per heavy atom. The molecule has 17 heavy (non-hydrogen) atoms. The zero-order valence-electron chi connectivity index (χ0n) is 11.7. The van der Waals surface area contributed by atoms with Crippen LogP contribution in [0.2, 0.25) is 0 Å². The molecule has 0 aromatic rings. The number of likely N-dealkylation sites (tertiary alicyclic amines) is 1. The van der Waals surface area contributed by atoms with Gasteiger partial charge in [0, 0.05) is 30.8 Å². The molecule has 4 N–H and O–H groups in total. The Bertz CT molecular complexity index is 237. The van der Waals surface area contributed by atoms with Crippen LogP contribution in [0.3, 0.4) is 0 Å². The fraction of sp³-hybridized carbons (Fsp3) is 1.00. The van der Waals surface area contributed by atoms with E-state index in [-0.39, 0.29) is 18.1 Å². The first-order chi connectivity index (χ1) is 7.94. The van der Waals surface area contributed by atoms with Crippen molar-refractivity contribution in [3.05, 3.63) is 0 Å². The van der Waals surface area contributed by atoms with Crippen molar-refractivity contribution in [2.24, 2.45) is 11.7 Å². The van der Waals surface area contributed by atoms with Crippen LogP contribution < -0.4 is 11.1 Å². The lowest BCUT2D eigenvalue weighted by Gasteiger charge is -2.46. The Morgan fingerprint density at radius 2 is 2.18 bits per heavy atom. The summed E-state index contributed by atoms with van der Waals surface area (Å²) in [7, 11) is 2.17. The molecule has 1 aliphatic rings. The van der Waals surface area contributed by atoms with E-state index in [0.717, 1.165) is 19.4 Å². The van der Waals surface area contributed by atoms with Crippen LogP contribution in [0.15, 0.2) is 0 Å². The molecule has 1 rings (SSSR count). The first kappa shape index (κ1) is 14.9. The molecule has 4 unspecified atom stereocenters. The third kappa shape index (κ3) is 3.65. The maximum atomic E-state index is 9.21. The highest BCUT2D eigenvalue weighted by Crippen LogP contribution is 2.26. The van der Waals surface area contributed by atoms with E-state index in [1.54, 1.807) is 0 Å². The number of nitrogens with zero attached hydrogens (tertiary/aromatic N) is 1. The molecule has 0 bridgehead atoms. The minimum absolute atomic E-state index is 0.0504. The quantitative estimate of drug-likeness (QED) is 0.654. The molecule has 1 aliphatic heterocycles. The Balaban J connectivity index is 2.63. The van der Waals surface area contributed by atoms with Gasteiger partial charge >= 0.3 is 0 Å². The van der Waals surface area contributed by atoms with E-state index in [1.165, 1.54) is 0 Å². The van der Waals surface area contributed by atoms with Gasteiger partial charge in [0.25, 0.3) is 0 Å². The zero-order chi connectivity index (χ0) is 13.1. The second kappa shape index (κ2) is 6.14. The molecule has 4 atom stereocenters. The maximum Gasteiger partial charge on any atom is 0.0471 e. The van der Waals surface area contributed by atoms with E-state index >= 15 is 0 Å². The minimum atomic E-state index is 0.0504. The van der Waals surface area contributed by atoms with Crippen molar-refractivity contribution in [1.29, 1.82) is 0 Å². The van der Waals surface area contributed by atoms with Crippen molar-refractivity contribution in [3.63, 3.8) is 0 Å². The molecule has 1 saturated heterocycles. The second-order valence-corrected chi connectivity index (χ2v) is 5.86. The number of hydrogen-bond donors (Lipinski definition) is 3. The first-order valence-corrected chi connectivity index (χ1v) is 6.73. The van der Waals surface area contributed by atoms with E-state index in [0.29, 0.717) is 18.6 Å². The summed E-state index contributed by atoms with van der Waals surface area (Å²) >= 11 is 0. The molecule has 4 heteroatoms. The van der Waals surface area contributed by atoms with E-state index in [1.807, 2.05) is 0 Å². The molecular formula is C13H29N3O. The summed E-state index contributed by atoms with van der Waals surface area (Å²) in [6.45, 7) is 8.45. The molecular weight excluding hydrogens is 214 g/mol. The summed E-state index contributed by atoms with van der Waals surface area (Å²) in [6, 6.07) is 0.871. The molecule has 102 valence electrons. The predicted octanol–water partition coefficient (Wildman–Crippen LogP) is 0.405. The number of nitrogens with one attached hydrogen (secondary N) is 1. The molecule has 0 aromatic heterocycles. The molecule has 0 amide bonds. The van der Waals surface area contributed by atoms with Gasteiger partial charge in [-0.1, -0.05) is 6.92 Å². The van der Waals surface area contributed by atoms with Crippen molar-refractivity contribution in [2.45, 2.75) is 51.2 Å². The standard InChI is InChI=1S/C13H29N3O/c1-10(8-17)12(3)15-13(9-14)5-6-16(4)11(2)7-13/h10-12,15,17H,5-9,14H2,1-4H3. The molecule has 0 aliphatic carbocycles. The van der Waals surface area contributed by atoms with Gasteiger partial charge in [-0.2, -0.15) is 0 Å². The third-order valence-corrected chi connectivity index (χ3v) is 4.45. The van der Waals surface area contributed by atoms with E-state index in [2.05, 4.69) is 38.0 Å². The predicted molar refractivity (Wildman–Crippen MR) is 72.0 cm³/mol. The summed E-state index contributed by atoms with van der Waals surface area (Å²) in [5.41, 5.74) is 6.04. The van der Waals surface area contributed by atoms with Crippen LogP contribution in [0.4, 0.5) is 0 Å². The van der Waals surface area contributed by atoms with Gasteiger partial charge in [-0.15, -0.1) is 0 Å². The average Bonchev–Trinajstić information content (AvgIpc) is 2.33. The molecule has 1 fully saturated rings. The van der Waals surface area contributed by atoms with Gasteiger partial charge < -0.3 is 21.1 Å². The SMILES string of the molecule is CC(CO)C(C)NC1(CN)CCN(C)C(C)C1. The molecule has 0 radical (unpaired) electrons. The van der Waals surface area contributed by atoms with Crippen LogP contribution in [0.1, 0.15) is 33.6 Å². The molecule has 0 saturated carbocycles. The van der Waals surface area contributed by atoms with Crippen LogP contribution >= 0.6 is 0 Å². The number of piperidine rings is 1. The zero-order valence-corrected chi connectivity index (χ0v) is 11.7. The molecule has 0 spiro atoms. The van der Waals surface area contributed by atoms with Gasteiger partial charge in [0.05, 0.1) is 0 Å². The van der Waals surface area contributed by atoms with Crippen molar-refractivity contribution in [2.75, 3.05) is 26.7 Å². The Morgan fingerprint density at radius 3 is 2.65 bits per heavy atom. The maximum absolute atomic E-state index is 9.21. The summed E-state index contributed by atoms with van der Waals surface area (Å²) in [4.78, 5) is 2.38. The van der Waals surface area contributed by atoms with Crippen molar-refractivity contribution in [1.82, 2.24) is 10.2 Å². The monoisotopic (exact) mass is 243 g/mol. The highest BCUT2D eigenvalue weighted by molar-refractivity contribution is 4.98. The van der Waals surface area contributed by atoms with E-state index in [9.17, 15) is 5.11 Å². The van der Waals surface area contributed by atoms with E-state index < -0.39 is 0 Å². The normalized spacial score (nSPS) is 34.6. The lowest BCUT2D eigenvalue weighted by molar-refractivity contribution is 0.0905. The fourth-order valence-electron chi connectivity index (χ4n) is 2.59. The Kier molecular flexibility index (Phi) is 5.38. The second-order valence-electron chi connectivity index (χ2n) is 5.86. The summed E-state index contributed by atoms with van der Waals surface area (Å²) < 4.78 is 0. The van der Waals surface area contributed by atoms with Gasteiger partial charge in [0.2, 0.25) is 0 Å². The number of aliphatic hydroxyl groups excluding tert-OH is 1. The third-order valence-electron chi connectivity index (χ3n) is 4.45. The first-order valence-electron chi connectivity index (χ1n) is 6.73. The van der Waals surface area contributed by atoms with Crippen molar-refractivity contribution >= 4 is 0 Å². The lowest BCUT2D eigenvalue weighted by Crippen LogP contribution is -2.62. The highest BCUT2D eigenvalue weighted by atomic mass is 16.3. The van der Waals surface area contributed by atoms with Gasteiger partial charge in [-0.3, -0.25) is 0 Å². The average molecular weight is 243 g/mol. The minimum Gasteiger partial charge on any atom is -0.396 e. The summed E-state index contributed by atoms with van der Waals surface area (Å²) in [5, 5.41) is 12.9. The van der Waals surface area contributed by atoms with Crippen LogP contribution in [0, 0.1) is 5.92 Å². The van der Waals surface area contributed by atoms with Crippen LogP contribution in [-0.4, -0.2) is 54.4 Å². The van der Waals surface area contributed by atoms with Gasteiger partial charge in [-0.05, 0) is 46.2 Å². The molecule has 0 aromatic carbocycles. The van der Waals surface area contributed by atoms with Crippen LogP contribution in [0.5, 0.6) is 0 Å². The molecule has 1 heterocycles. The van der Waals surface area contributed by atoms with E-state index in [4.69, 9.17) is 5.73 Å². The van der Waals surface area contributed by atoms with Crippen molar-refractivity contribution in [3.8, 4) is 0 Å². The Hall–Kier alpha value is -0.160. The number of nitrogens with two attached hydrogens (primary N) is 1. The smallest absolute Gasteiger partial charge is 0.0471 e. The lowest BCUT2D eigenvalue weighted by atomic mass is 9.82. The Labute approximate surface area is 106 Å². The fourth-order valence-corrected chi connectivity index (χ4v) is 2.59. The molecule has 4 nitrogen and oxygen atoms in total.